The van der Waals surface area contributed by atoms with E-state index in [1.165, 1.54) is 5.56 Å². The molecule has 0 atom stereocenters. The SMILES string of the molecule is CO[Si](CC[N+](C)(C)CCc1ccccc1)(OC)OC. The van der Waals surface area contributed by atoms with Crippen LogP contribution in [-0.4, -0.2) is 61.8 Å². The average molecular weight is 298 g/mol. The van der Waals surface area contributed by atoms with Crippen LogP contribution >= 0.6 is 0 Å². The van der Waals surface area contributed by atoms with Gasteiger partial charge in [0, 0.05) is 27.8 Å². The van der Waals surface area contributed by atoms with Gasteiger partial charge in [-0.05, 0) is 5.56 Å². The Kier molecular flexibility index (Phi) is 6.85. The van der Waals surface area contributed by atoms with Gasteiger partial charge in [0.2, 0.25) is 0 Å². The van der Waals surface area contributed by atoms with Crippen molar-refractivity contribution in [3.05, 3.63) is 35.9 Å². The van der Waals surface area contributed by atoms with Crippen LogP contribution in [0.15, 0.2) is 30.3 Å². The quantitative estimate of drug-likeness (QED) is 0.517. The molecule has 1 rings (SSSR count). The first-order valence-electron chi connectivity index (χ1n) is 6.98. The molecular weight excluding hydrogens is 270 g/mol. The van der Waals surface area contributed by atoms with Gasteiger partial charge in [-0.2, -0.15) is 0 Å². The number of likely N-dealkylation sites (N-methyl/N-ethyl adjacent to an activating group) is 1. The van der Waals surface area contributed by atoms with Crippen LogP contribution in [0.3, 0.4) is 0 Å². The van der Waals surface area contributed by atoms with Crippen LogP contribution < -0.4 is 0 Å². The fraction of sp³-hybridized carbons (Fsp3) is 0.600. The van der Waals surface area contributed by atoms with Gasteiger partial charge >= 0.3 is 8.80 Å². The van der Waals surface area contributed by atoms with E-state index in [2.05, 4.69) is 44.4 Å². The van der Waals surface area contributed by atoms with Gasteiger partial charge in [0.25, 0.3) is 0 Å². The molecule has 0 aliphatic heterocycles. The molecule has 5 heteroatoms. The summed E-state index contributed by atoms with van der Waals surface area (Å²) >= 11 is 0. The van der Waals surface area contributed by atoms with Crippen molar-refractivity contribution in [2.75, 3.05) is 48.5 Å². The van der Waals surface area contributed by atoms with E-state index in [1.807, 2.05) is 0 Å². The number of hydrogen-bond acceptors (Lipinski definition) is 3. The molecule has 1 aromatic carbocycles. The zero-order valence-corrected chi connectivity index (χ0v) is 14.4. The van der Waals surface area contributed by atoms with Crippen molar-refractivity contribution in [1.82, 2.24) is 0 Å². The highest BCUT2D eigenvalue weighted by molar-refractivity contribution is 6.60. The van der Waals surface area contributed by atoms with Crippen molar-refractivity contribution in [3.63, 3.8) is 0 Å². The maximum absolute atomic E-state index is 5.48. The summed E-state index contributed by atoms with van der Waals surface area (Å²) in [6.45, 7) is 2.07. The molecule has 1 aromatic rings. The lowest BCUT2D eigenvalue weighted by Gasteiger charge is -2.33. The van der Waals surface area contributed by atoms with Gasteiger partial charge < -0.3 is 17.8 Å². The molecule has 4 nitrogen and oxygen atoms in total. The number of benzene rings is 1. The first-order chi connectivity index (χ1) is 9.47. The lowest BCUT2D eigenvalue weighted by atomic mass is 10.1. The third kappa shape index (κ3) is 5.34. The van der Waals surface area contributed by atoms with Crippen LogP contribution in [-0.2, 0) is 19.7 Å². The Balaban J connectivity index is 2.48. The van der Waals surface area contributed by atoms with Crippen molar-refractivity contribution in [3.8, 4) is 0 Å². The molecule has 0 aliphatic rings. The van der Waals surface area contributed by atoms with Gasteiger partial charge in [-0.1, -0.05) is 30.3 Å². The van der Waals surface area contributed by atoms with Gasteiger partial charge in [-0.3, -0.25) is 0 Å². The predicted molar refractivity (Wildman–Crippen MR) is 83.6 cm³/mol. The second kappa shape index (κ2) is 7.90. The number of rotatable bonds is 9. The maximum Gasteiger partial charge on any atom is 0.505 e. The molecule has 0 unspecified atom stereocenters. The topological polar surface area (TPSA) is 27.7 Å². The number of nitrogens with zero attached hydrogens (tertiary/aromatic N) is 1. The van der Waals surface area contributed by atoms with Crippen LogP contribution in [0.4, 0.5) is 0 Å². The van der Waals surface area contributed by atoms with Crippen LogP contribution in [0.5, 0.6) is 0 Å². The highest BCUT2D eigenvalue weighted by Crippen LogP contribution is 2.15. The summed E-state index contributed by atoms with van der Waals surface area (Å²) in [7, 11) is 7.04. The Hall–Kier alpha value is -0.723. The lowest BCUT2D eigenvalue weighted by Crippen LogP contribution is -2.50. The summed E-state index contributed by atoms with van der Waals surface area (Å²) in [4.78, 5) is 0. The van der Waals surface area contributed by atoms with E-state index in [0.717, 1.165) is 30.0 Å². The molecule has 0 saturated carbocycles. The van der Waals surface area contributed by atoms with Crippen molar-refractivity contribution >= 4 is 8.80 Å². The molecule has 0 saturated heterocycles. The molecule has 114 valence electrons. The first-order valence-corrected chi connectivity index (χ1v) is 8.91. The Labute approximate surface area is 124 Å². The molecule has 0 radical (unpaired) electrons. The highest BCUT2D eigenvalue weighted by atomic mass is 28.4. The lowest BCUT2D eigenvalue weighted by molar-refractivity contribution is -0.888. The summed E-state index contributed by atoms with van der Waals surface area (Å²) in [5.74, 6) is 0. The summed E-state index contributed by atoms with van der Waals surface area (Å²) in [6, 6.07) is 11.4. The maximum atomic E-state index is 5.48. The standard InChI is InChI=1S/C15H28NO3Si/c1-16(2,12-11-15-9-7-6-8-10-15)13-14-20(17-3,18-4)19-5/h6-10H,11-14H2,1-5H3/q+1. The van der Waals surface area contributed by atoms with E-state index in [0.29, 0.717) is 0 Å². The smallest absolute Gasteiger partial charge is 0.377 e. The minimum absolute atomic E-state index is 0.832. The fourth-order valence-corrected chi connectivity index (χ4v) is 4.18. The van der Waals surface area contributed by atoms with Crippen molar-refractivity contribution in [2.45, 2.75) is 12.5 Å². The van der Waals surface area contributed by atoms with E-state index in [1.54, 1.807) is 21.3 Å². The van der Waals surface area contributed by atoms with E-state index in [-0.39, 0.29) is 0 Å². The summed E-state index contributed by atoms with van der Waals surface area (Å²) in [5.41, 5.74) is 1.38. The van der Waals surface area contributed by atoms with E-state index in [9.17, 15) is 0 Å². The molecule has 0 bridgehead atoms. The van der Waals surface area contributed by atoms with Gasteiger partial charge in [0.15, 0.2) is 0 Å². The van der Waals surface area contributed by atoms with E-state index < -0.39 is 8.80 Å². The van der Waals surface area contributed by atoms with Crippen molar-refractivity contribution < 1.29 is 17.8 Å². The Morgan fingerprint density at radius 3 is 1.95 bits per heavy atom. The van der Waals surface area contributed by atoms with Gasteiger partial charge in [-0.25, -0.2) is 0 Å². The Morgan fingerprint density at radius 1 is 0.900 bits per heavy atom. The molecule has 0 amide bonds. The predicted octanol–water partition coefficient (Wildman–Crippen LogP) is 2.18. The molecule has 0 spiro atoms. The van der Waals surface area contributed by atoms with Crippen LogP contribution in [0.2, 0.25) is 6.04 Å². The first kappa shape index (κ1) is 17.3. The molecule has 20 heavy (non-hydrogen) atoms. The monoisotopic (exact) mass is 298 g/mol. The van der Waals surface area contributed by atoms with Gasteiger partial charge in [-0.15, -0.1) is 0 Å². The largest absolute Gasteiger partial charge is 0.505 e. The van der Waals surface area contributed by atoms with Crippen molar-refractivity contribution in [1.29, 1.82) is 0 Å². The second-order valence-corrected chi connectivity index (χ2v) is 8.75. The molecule has 0 fully saturated rings. The Morgan fingerprint density at radius 2 is 1.45 bits per heavy atom. The molecular formula is C15H28NO3Si+. The zero-order chi connectivity index (χ0) is 15.1. The van der Waals surface area contributed by atoms with Crippen LogP contribution in [0.1, 0.15) is 5.56 Å². The van der Waals surface area contributed by atoms with Crippen LogP contribution in [0.25, 0.3) is 0 Å². The third-order valence-electron chi connectivity index (χ3n) is 3.80. The summed E-state index contributed by atoms with van der Waals surface area (Å²) in [6.07, 6.45) is 1.08. The second-order valence-electron chi connectivity index (χ2n) is 5.66. The Bertz CT molecular complexity index is 372. The molecule has 0 aromatic heterocycles. The minimum atomic E-state index is -2.45. The summed E-state index contributed by atoms with van der Waals surface area (Å²) < 4.78 is 17.4. The minimum Gasteiger partial charge on any atom is -0.377 e. The third-order valence-corrected chi connectivity index (χ3v) is 6.51. The van der Waals surface area contributed by atoms with E-state index >= 15 is 0 Å². The van der Waals surface area contributed by atoms with Gasteiger partial charge in [0.1, 0.15) is 0 Å². The van der Waals surface area contributed by atoms with Crippen LogP contribution in [0, 0.1) is 0 Å². The number of quaternary nitrogens is 1. The zero-order valence-electron chi connectivity index (χ0n) is 13.4. The molecule has 0 N–H and O–H groups in total. The number of hydrogen-bond donors (Lipinski definition) is 0. The van der Waals surface area contributed by atoms with Gasteiger partial charge in [0.05, 0.1) is 33.2 Å². The molecule has 0 aliphatic carbocycles. The molecule has 0 heterocycles. The summed E-state index contributed by atoms with van der Waals surface area (Å²) in [5, 5.41) is 0. The highest BCUT2D eigenvalue weighted by Gasteiger charge is 2.39. The van der Waals surface area contributed by atoms with Crippen molar-refractivity contribution in [2.24, 2.45) is 0 Å². The normalized spacial score (nSPS) is 12.7. The fourth-order valence-electron chi connectivity index (χ4n) is 2.18. The van der Waals surface area contributed by atoms with E-state index in [4.69, 9.17) is 13.3 Å². The average Bonchev–Trinajstić information content (AvgIpc) is 2.48.